The van der Waals surface area contributed by atoms with Gasteiger partial charge in [0.25, 0.3) is 0 Å². The second-order valence-electron chi connectivity index (χ2n) is 1.01. The van der Waals surface area contributed by atoms with Crippen LogP contribution in [0.25, 0.3) is 0 Å². The van der Waals surface area contributed by atoms with Crippen molar-refractivity contribution in [1.82, 2.24) is 0 Å². The Morgan fingerprint density at radius 3 is 1.20 bits per heavy atom. The van der Waals surface area contributed by atoms with E-state index in [1.165, 1.54) is 0 Å². The van der Waals surface area contributed by atoms with Crippen LogP contribution in [0.5, 0.6) is 0 Å². The Morgan fingerprint density at radius 2 is 1.10 bits per heavy atom. The molecule has 0 aromatic rings. The summed E-state index contributed by atoms with van der Waals surface area (Å²) in [7, 11) is 0. The fraction of sp³-hybridized carbons (Fsp3) is 0. The molecule has 0 saturated carbocycles. The summed E-state index contributed by atoms with van der Waals surface area (Å²) < 4.78 is 0. The Labute approximate surface area is 102 Å². The van der Waals surface area contributed by atoms with Crippen molar-refractivity contribution in [2.24, 2.45) is 0 Å². The van der Waals surface area contributed by atoms with Gasteiger partial charge in [-0.15, -0.1) is 0 Å². The van der Waals surface area contributed by atoms with Crippen LogP contribution in [0.3, 0.4) is 0 Å². The quantitative estimate of drug-likeness (QED) is 0.401. The van der Waals surface area contributed by atoms with E-state index in [4.69, 9.17) is 10.2 Å². The van der Waals surface area contributed by atoms with Gasteiger partial charge in [0.05, 0.1) is 0 Å². The average Bonchev–Trinajstić information content (AvgIpc) is 1.61. The van der Waals surface area contributed by atoms with Crippen molar-refractivity contribution in [3.8, 4) is 0 Å². The summed E-state index contributed by atoms with van der Waals surface area (Å²) in [6, 6.07) is 0. The Bertz CT molecular complexity index is 126. The van der Waals surface area contributed by atoms with Crippen LogP contribution in [0.15, 0.2) is 12.2 Å². The molecule has 0 unspecified atom stereocenters. The van der Waals surface area contributed by atoms with E-state index in [9.17, 15) is 9.59 Å². The zero-order chi connectivity index (χ0) is 6.57. The number of hydrogen-bond donors (Lipinski definition) is 2. The first kappa shape index (κ1) is 17.0. The molecule has 10 heavy (non-hydrogen) atoms. The molecule has 4 nitrogen and oxygen atoms in total. The first-order chi connectivity index (χ1) is 3.63. The fourth-order valence-corrected chi connectivity index (χ4v) is 0.143. The molecule has 0 saturated heterocycles. The smallest absolute Gasteiger partial charge is 0.328 e. The zero-order valence-electron chi connectivity index (χ0n) is 5.87. The van der Waals surface area contributed by atoms with E-state index in [2.05, 4.69) is 0 Å². The predicted octanol–water partition coefficient (Wildman–Crippen LogP) is -1.05. The van der Waals surface area contributed by atoms with Crippen molar-refractivity contribution < 1.29 is 19.8 Å². The van der Waals surface area contributed by atoms with Crippen LogP contribution >= 0.6 is 0 Å². The number of aliphatic carboxylic acids is 2. The maximum atomic E-state index is 9.55. The normalized spacial score (nSPS) is 7.60. The van der Waals surface area contributed by atoms with E-state index in [-0.39, 0.29) is 59.1 Å². The summed E-state index contributed by atoms with van der Waals surface area (Å²) in [5.41, 5.74) is 0. The molecule has 0 heterocycles. The number of rotatable bonds is 2. The second-order valence-corrected chi connectivity index (χ2v) is 1.01. The third-order valence-corrected chi connectivity index (χ3v) is 0.368. The molecular formula is C4H4Na2O4. The van der Waals surface area contributed by atoms with E-state index in [0.717, 1.165) is 0 Å². The van der Waals surface area contributed by atoms with Crippen LogP contribution in [0.1, 0.15) is 0 Å². The van der Waals surface area contributed by atoms with Crippen molar-refractivity contribution in [1.29, 1.82) is 0 Å². The van der Waals surface area contributed by atoms with Gasteiger partial charge in [-0.2, -0.15) is 0 Å². The molecule has 0 fully saturated rings. The van der Waals surface area contributed by atoms with Crippen molar-refractivity contribution >= 4 is 71.1 Å². The van der Waals surface area contributed by atoms with Crippen molar-refractivity contribution in [2.45, 2.75) is 0 Å². The first-order valence-corrected chi connectivity index (χ1v) is 1.77. The van der Waals surface area contributed by atoms with Gasteiger partial charge in [-0.3, -0.25) is 0 Å². The monoisotopic (exact) mass is 162 g/mol. The van der Waals surface area contributed by atoms with E-state index in [1.54, 1.807) is 0 Å². The molecule has 0 aromatic heterocycles. The number of hydrogen-bond acceptors (Lipinski definition) is 2. The van der Waals surface area contributed by atoms with Crippen molar-refractivity contribution in [3.05, 3.63) is 12.2 Å². The minimum absolute atomic E-state index is 0. The second kappa shape index (κ2) is 9.68. The summed E-state index contributed by atoms with van der Waals surface area (Å²) in [6.07, 6.45) is 1.12. The number of carboxylic acid groups (broad SMARTS) is 2. The van der Waals surface area contributed by atoms with Crippen LogP contribution in [-0.2, 0) is 9.59 Å². The summed E-state index contributed by atoms with van der Waals surface area (Å²) in [6.45, 7) is 0. The van der Waals surface area contributed by atoms with Crippen molar-refractivity contribution in [2.75, 3.05) is 0 Å². The predicted molar refractivity (Wildman–Crippen MR) is 35.9 cm³/mol. The maximum absolute atomic E-state index is 9.55. The molecule has 6 heteroatoms. The van der Waals surface area contributed by atoms with E-state index >= 15 is 0 Å². The van der Waals surface area contributed by atoms with Gasteiger partial charge in [-0.05, 0) is 0 Å². The number of carboxylic acids is 2. The summed E-state index contributed by atoms with van der Waals surface area (Å²) in [4.78, 5) is 19.1. The van der Waals surface area contributed by atoms with Gasteiger partial charge >= 0.3 is 11.9 Å². The van der Waals surface area contributed by atoms with Crippen LogP contribution in [0.2, 0.25) is 0 Å². The van der Waals surface area contributed by atoms with Crippen LogP contribution in [0, 0.1) is 0 Å². The molecule has 46 valence electrons. The molecule has 0 aromatic carbocycles. The van der Waals surface area contributed by atoms with Gasteiger partial charge in [-0.25, -0.2) is 9.59 Å². The third kappa shape index (κ3) is 15.9. The minimum atomic E-state index is -1.26. The molecule has 0 bridgehead atoms. The van der Waals surface area contributed by atoms with Gasteiger partial charge in [-0.1, -0.05) is 0 Å². The minimum Gasteiger partial charge on any atom is -0.478 e. The molecule has 0 rings (SSSR count). The maximum Gasteiger partial charge on any atom is 0.328 e. The molecule has 0 aliphatic heterocycles. The van der Waals surface area contributed by atoms with Crippen LogP contribution < -0.4 is 0 Å². The van der Waals surface area contributed by atoms with Crippen LogP contribution in [-0.4, -0.2) is 81.3 Å². The Hall–Kier alpha value is 0.680. The molecule has 0 atom stereocenters. The Kier molecular flexibility index (Phi) is 16.4. The average molecular weight is 162 g/mol. The molecule has 0 spiro atoms. The largest absolute Gasteiger partial charge is 0.478 e. The topological polar surface area (TPSA) is 74.6 Å². The summed E-state index contributed by atoms with van der Waals surface area (Å²) in [5.74, 6) is -2.51. The van der Waals surface area contributed by atoms with E-state index < -0.39 is 11.9 Å². The molecular weight excluding hydrogens is 158 g/mol. The standard InChI is InChI=1S/C4H4O4.2Na/c5-3(6)1-2-4(7)8;;/h1-2H,(H,5,6)(H,7,8);;/b2-1-;;. The molecule has 0 amide bonds. The first-order valence-electron chi connectivity index (χ1n) is 1.77. The Balaban J connectivity index is -0.000000245. The van der Waals surface area contributed by atoms with E-state index in [1.807, 2.05) is 0 Å². The van der Waals surface area contributed by atoms with Gasteiger partial charge in [0.2, 0.25) is 0 Å². The molecule has 0 aliphatic rings. The summed E-state index contributed by atoms with van der Waals surface area (Å²) in [5, 5.41) is 15.6. The Morgan fingerprint density at radius 1 is 0.900 bits per heavy atom. The van der Waals surface area contributed by atoms with Crippen LogP contribution in [0.4, 0.5) is 0 Å². The SMILES string of the molecule is O=C(O)/C=C\C(=O)O.[Na].[Na]. The molecule has 2 radical (unpaired) electrons. The summed E-state index contributed by atoms with van der Waals surface area (Å²) >= 11 is 0. The molecule has 0 aliphatic carbocycles. The number of carbonyl (C=O) groups is 2. The van der Waals surface area contributed by atoms with Gasteiger partial charge in [0.15, 0.2) is 0 Å². The van der Waals surface area contributed by atoms with Crippen molar-refractivity contribution in [3.63, 3.8) is 0 Å². The molecule has 2 N–H and O–H groups in total. The third-order valence-electron chi connectivity index (χ3n) is 0.368. The van der Waals surface area contributed by atoms with Gasteiger partial charge in [0, 0.05) is 71.3 Å². The fourth-order valence-electron chi connectivity index (χ4n) is 0.143. The van der Waals surface area contributed by atoms with Gasteiger partial charge in [0.1, 0.15) is 0 Å². The van der Waals surface area contributed by atoms with E-state index in [0.29, 0.717) is 12.2 Å². The zero-order valence-corrected chi connectivity index (χ0v) is 9.87. The van der Waals surface area contributed by atoms with Gasteiger partial charge < -0.3 is 10.2 Å².